The maximum atomic E-state index is 5.41. The van der Waals surface area contributed by atoms with Crippen LogP contribution < -0.4 is 4.90 Å². The molecular weight excluding hydrogens is 258 g/mol. The molecule has 4 nitrogen and oxygen atoms in total. The van der Waals surface area contributed by atoms with E-state index in [1.165, 1.54) is 0 Å². The van der Waals surface area contributed by atoms with Crippen molar-refractivity contribution in [2.24, 2.45) is 0 Å². The molecule has 0 aliphatic carbocycles. The van der Waals surface area contributed by atoms with Gasteiger partial charge in [-0.15, -0.1) is 0 Å². The van der Waals surface area contributed by atoms with Gasteiger partial charge in [-0.25, -0.2) is 0 Å². The first kappa shape index (κ1) is 15.9. The Labute approximate surface area is 117 Å². The molecule has 0 amide bonds. The molecule has 19 heavy (non-hydrogen) atoms. The van der Waals surface area contributed by atoms with E-state index >= 15 is 0 Å². The number of hydrogen-bond donors (Lipinski definition) is 0. The molecule has 0 fully saturated rings. The molecule has 0 radical (unpaired) electrons. The molecule has 0 saturated carbocycles. The van der Waals surface area contributed by atoms with Gasteiger partial charge in [-0.1, -0.05) is 24.8 Å². The van der Waals surface area contributed by atoms with Crippen molar-refractivity contribution < 1.29 is 13.3 Å². The van der Waals surface area contributed by atoms with E-state index in [1.54, 1.807) is 21.3 Å². The highest BCUT2D eigenvalue weighted by molar-refractivity contribution is 6.60. The van der Waals surface area contributed by atoms with Crippen LogP contribution in [0.25, 0.3) is 0 Å². The summed E-state index contributed by atoms with van der Waals surface area (Å²) in [5.41, 5.74) is 1.14. The normalized spacial score (nSPS) is 11.3. The first-order chi connectivity index (χ1) is 9.21. The van der Waals surface area contributed by atoms with Crippen LogP contribution in [0.1, 0.15) is 6.42 Å². The molecular formula is C14H23NO3Si. The highest BCUT2D eigenvalue weighted by atomic mass is 28.4. The summed E-state index contributed by atoms with van der Waals surface area (Å²) in [5, 5.41) is 0. The predicted molar refractivity (Wildman–Crippen MR) is 80.2 cm³/mol. The molecule has 1 aromatic rings. The fourth-order valence-electron chi connectivity index (χ4n) is 1.97. The molecule has 0 atom stereocenters. The molecule has 1 rings (SSSR count). The number of rotatable bonds is 9. The molecule has 1 aromatic carbocycles. The average Bonchev–Trinajstić information content (AvgIpc) is 2.49. The lowest BCUT2D eigenvalue weighted by Gasteiger charge is -2.26. The molecule has 0 bridgehead atoms. The van der Waals surface area contributed by atoms with Gasteiger partial charge in [0.15, 0.2) is 0 Å². The Morgan fingerprint density at radius 1 is 1.11 bits per heavy atom. The molecule has 106 valence electrons. The largest absolute Gasteiger partial charge is 0.500 e. The van der Waals surface area contributed by atoms with Gasteiger partial charge in [-0.05, 0) is 24.8 Å². The van der Waals surface area contributed by atoms with Gasteiger partial charge in [-0.2, -0.15) is 0 Å². The van der Waals surface area contributed by atoms with Gasteiger partial charge < -0.3 is 18.2 Å². The minimum absolute atomic E-state index is 0.785. The number of para-hydroxylation sites is 1. The topological polar surface area (TPSA) is 30.9 Å². The third-order valence-electron chi connectivity index (χ3n) is 3.12. The lowest BCUT2D eigenvalue weighted by Crippen LogP contribution is -2.43. The summed E-state index contributed by atoms with van der Waals surface area (Å²) in [5.74, 6) is 0. The van der Waals surface area contributed by atoms with Gasteiger partial charge in [0.1, 0.15) is 0 Å². The van der Waals surface area contributed by atoms with E-state index in [1.807, 2.05) is 24.4 Å². The zero-order valence-corrected chi connectivity index (χ0v) is 13.0. The zero-order chi connectivity index (χ0) is 14.1. The summed E-state index contributed by atoms with van der Waals surface area (Å²) >= 11 is 0. The van der Waals surface area contributed by atoms with E-state index in [0.717, 1.165) is 24.7 Å². The van der Waals surface area contributed by atoms with E-state index in [2.05, 4.69) is 23.6 Å². The fraction of sp³-hybridized carbons (Fsp3) is 0.429. The van der Waals surface area contributed by atoms with Crippen LogP contribution in [0.4, 0.5) is 5.69 Å². The van der Waals surface area contributed by atoms with E-state index in [0.29, 0.717) is 0 Å². The molecule has 0 N–H and O–H groups in total. The van der Waals surface area contributed by atoms with E-state index in [-0.39, 0.29) is 0 Å². The predicted octanol–water partition coefficient (Wildman–Crippen LogP) is 2.90. The molecule has 0 unspecified atom stereocenters. The van der Waals surface area contributed by atoms with Crippen molar-refractivity contribution in [1.29, 1.82) is 0 Å². The smallest absolute Gasteiger partial charge is 0.377 e. The van der Waals surface area contributed by atoms with Crippen LogP contribution in [0.2, 0.25) is 6.04 Å². The monoisotopic (exact) mass is 281 g/mol. The Hall–Kier alpha value is -1.14. The van der Waals surface area contributed by atoms with Crippen molar-refractivity contribution in [3.05, 3.63) is 43.1 Å². The van der Waals surface area contributed by atoms with E-state index < -0.39 is 8.80 Å². The third-order valence-corrected chi connectivity index (χ3v) is 5.96. The summed E-state index contributed by atoms with van der Waals surface area (Å²) < 4.78 is 16.2. The zero-order valence-electron chi connectivity index (χ0n) is 12.0. The molecule has 0 spiro atoms. The third kappa shape index (κ3) is 4.47. The molecule has 5 heteroatoms. The van der Waals surface area contributed by atoms with Crippen molar-refractivity contribution in [2.45, 2.75) is 12.5 Å². The highest BCUT2D eigenvalue weighted by Gasteiger charge is 2.36. The molecule has 0 aliphatic heterocycles. The second kappa shape index (κ2) is 8.11. The number of hydrogen-bond acceptors (Lipinski definition) is 4. The van der Waals surface area contributed by atoms with Crippen LogP contribution in [-0.2, 0) is 13.3 Å². The summed E-state index contributed by atoms with van der Waals surface area (Å²) in [4.78, 5) is 2.11. The molecule has 0 saturated heterocycles. The van der Waals surface area contributed by atoms with Crippen LogP contribution in [0, 0.1) is 0 Å². The van der Waals surface area contributed by atoms with Crippen molar-refractivity contribution in [2.75, 3.05) is 32.8 Å². The SMILES string of the molecule is C=CN(CCC[Si](OC)(OC)OC)c1ccccc1. The van der Waals surface area contributed by atoms with Crippen LogP contribution >= 0.6 is 0 Å². The van der Waals surface area contributed by atoms with Crippen LogP contribution in [0.3, 0.4) is 0 Å². The summed E-state index contributed by atoms with van der Waals surface area (Å²) in [7, 11) is 2.46. The van der Waals surface area contributed by atoms with Gasteiger partial charge >= 0.3 is 8.80 Å². The molecule has 0 heterocycles. The van der Waals surface area contributed by atoms with Gasteiger partial charge in [0.05, 0.1) is 0 Å². The van der Waals surface area contributed by atoms with Crippen molar-refractivity contribution in [3.63, 3.8) is 0 Å². The molecule has 0 aromatic heterocycles. The average molecular weight is 281 g/mol. The lowest BCUT2D eigenvalue weighted by atomic mass is 10.3. The van der Waals surface area contributed by atoms with Crippen molar-refractivity contribution in [1.82, 2.24) is 0 Å². The van der Waals surface area contributed by atoms with Gasteiger partial charge in [-0.3, -0.25) is 0 Å². The summed E-state index contributed by atoms with van der Waals surface area (Å²) in [6, 6.07) is 11.0. The van der Waals surface area contributed by atoms with Crippen LogP contribution in [0.15, 0.2) is 43.1 Å². The number of anilines is 1. The minimum atomic E-state index is -2.46. The fourth-order valence-corrected chi connectivity index (χ4v) is 3.67. The summed E-state index contributed by atoms with van der Waals surface area (Å²) in [6.07, 6.45) is 2.76. The van der Waals surface area contributed by atoms with Crippen molar-refractivity contribution >= 4 is 14.5 Å². The Balaban J connectivity index is 2.53. The number of benzene rings is 1. The van der Waals surface area contributed by atoms with Gasteiger partial charge in [0.2, 0.25) is 0 Å². The maximum Gasteiger partial charge on any atom is 0.500 e. The minimum Gasteiger partial charge on any atom is -0.377 e. The lowest BCUT2D eigenvalue weighted by molar-refractivity contribution is 0.123. The maximum absolute atomic E-state index is 5.41. The van der Waals surface area contributed by atoms with E-state index in [4.69, 9.17) is 13.3 Å². The van der Waals surface area contributed by atoms with Crippen LogP contribution in [0.5, 0.6) is 0 Å². The first-order valence-corrected chi connectivity index (χ1v) is 8.24. The first-order valence-electron chi connectivity index (χ1n) is 6.31. The summed E-state index contributed by atoms with van der Waals surface area (Å²) in [6.45, 7) is 4.72. The second-order valence-electron chi connectivity index (χ2n) is 4.11. The Morgan fingerprint density at radius 2 is 1.68 bits per heavy atom. The Kier molecular flexibility index (Phi) is 6.79. The van der Waals surface area contributed by atoms with Gasteiger partial charge in [0.25, 0.3) is 0 Å². The van der Waals surface area contributed by atoms with E-state index in [9.17, 15) is 0 Å². The second-order valence-corrected chi connectivity index (χ2v) is 7.20. The van der Waals surface area contributed by atoms with Gasteiger partial charge in [0, 0.05) is 39.6 Å². The quantitative estimate of drug-likeness (QED) is 0.651. The Morgan fingerprint density at radius 3 is 2.16 bits per heavy atom. The Bertz CT molecular complexity index is 360. The highest BCUT2D eigenvalue weighted by Crippen LogP contribution is 2.18. The standard InChI is InChI=1S/C14H23NO3Si/c1-5-15(14-10-7-6-8-11-14)12-9-13-19(16-2,17-3)18-4/h5-8,10-11H,1,9,12-13H2,2-4H3. The molecule has 0 aliphatic rings. The van der Waals surface area contributed by atoms with Crippen molar-refractivity contribution in [3.8, 4) is 0 Å². The van der Waals surface area contributed by atoms with Crippen LogP contribution in [-0.4, -0.2) is 36.7 Å². The number of nitrogens with zero attached hydrogens (tertiary/aromatic N) is 1.